The van der Waals surface area contributed by atoms with E-state index in [-0.39, 0.29) is 55.6 Å². The first-order valence-corrected chi connectivity index (χ1v) is 19.9. The van der Waals surface area contributed by atoms with Gasteiger partial charge in [-0.2, -0.15) is 0 Å². The molecule has 54 heavy (non-hydrogen) atoms. The lowest BCUT2D eigenvalue weighted by Gasteiger charge is -2.30. The average Bonchev–Trinajstić information content (AvgIpc) is 3.79. The molecule has 3 heterocycles. The highest BCUT2D eigenvalue weighted by Gasteiger charge is 2.66. The van der Waals surface area contributed by atoms with Crippen LogP contribution >= 0.6 is 21.6 Å². The molecule has 1 aromatic heterocycles. The topological polar surface area (TPSA) is 326 Å². The molecule has 0 bridgehead atoms. The Bertz CT molecular complexity index is 1690. The number of fused-ring (bicyclic) bond motifs is 1. The van der Waals surface area contributed by atoms with Crippen LogP contribution in [0.15, 0.2) is 23.5 Å². The van der Waals surface area contributed by atoms with Crippen molar-refractivity contribution >= 4 is 74.9 Å². The first-order valence-electron chi connectivity index (χ1n) is 17.4. The molecule has 294 valence electrons. The number of aliphatic imine (C=N–C) groups is 1. The quantitative estimate of drug-likeness (QED) is 0.0568. The van der Waals surface area contributed by atoms with Crippen LogP contribution < -0.4 is 43.8 Å². The van der Waals surface area contributed by atoms with Crippen molar-refractivity contribution in [3.05, 3.63) is 24.0 Å². The van der Waals surface area contributed by atoms with Crippen LogP contribution in [0.25, 0.3) is 0 Å². The standard InChI is InChI=1S/C32H45N11O9S2/c33-24(46)19-15-54-53-10-6-21(44)41-31(11-17(31)3-1-7-37-30(34)35)28(51)38-14-22(45)42-32(12-18(32)27(49)50)29(52)40-23(16-5-8-36-13-16)26(48)43-9-2-4-20(43)25(47)39-19/h5,8,13,17-20,23,36H,1-4,6-7,9-12,14-15H2,(H2,33,46)(H,38,51)(H,39,47)(H,40,52)(H,41,44)(H,42,45)(H,49,50)(H4,34,35,37)/t17?,18?,19?,20-,23?,31?,32?/m0/s1. The van der Waals surface area contributed by atoms with Crippen LogP contribution in [0.5, 0.6) is 0 Å². The molecular formula is C32H45N11O9S2. The van der Waals surface area contributed by atoms with E-state index in [9.17, 15) is 43.5 Å². The summed E-state index contributed by atoms with van der Waals surface area (Å²) in [7, 11) is 2.47. The van der Waals surface area contributed by atoms with E-state index in [4.69, 9.17) is 17.2 Å². The first-order chi connectivity index (χ1) is 25.7. The van der Waals surface area contributed by atoms with Crippen molar-refractivity contribution in [2.45, 2.75) is 74.1 Å². The van der Waals surface area contributed by atoms with Crippen LogP contribution in [0, 0.1) is 11.8 Å². The third-order valence-electron chi connectivity index (χ3n) is 10.0. The zero-order valence-corrected chi connectivity index (χ0v) is 30.9. The molecule has 0 radical (unpaired) electrons. The highest BCUT2D eigenvalue weighted by molar-refractivity contribution is 8.76. The van der Waals surface area contributed by atoms with Gasteiger partial charge < -0.3 is 58.8 Å². The number of carbonyl (C=O) groups excluding carboxylic acids is 7. The second-order valence-corrected chi connectivity index (χ2v) is 16.4. The lowest BCUT2D eigenvalue weighted by atomic mass is 10.1. The molecule has 5 rings (SSSR count). The summed E-state index contributed by atoms with van der Waals surface area (Å²) in [4.78, 5) is 114. The van der Waals surface area contributed by atoms with Gasteiger partial charge in [0.05, 0.1) is 12.5 Å². The number of rotatable bonds is 7. The number of carboxylic acids is 1. The normalized spacial score (nSPS) is 31.3. The average molecular weight is 792 g/mol. The number of aromatic nitrogens is 1. The second-order valence-electron chi connectivity index (χ2n) is 13.7. The largest absolute Gasteiger partial charge is 0.481 e. The van der Waals surface area contributed by atoms with E-state index >= 15 is 0 Å². The maximum Gasteiger partial charge on any atom is 0.309 e. The van der Waals surface area contributed by atoms with Gasteiger partial charge in [0.2, 0.25) is 35.4 Å². The molecule has 13 N–H and O–H groups in total. The van der Waals surface area contributed by atoms with E-state index in [2.05, 4.69) is 36.6 Å². The molecule has 2 aliphatic carbocycles. The Hall–Kier alpha value is -4.99. The van der Waals surface area contributed by atoms with Gasteiger partial charge in [0.1, 0.15) is 29.2 Å². The second kappa shape index (κ2) is 17.0. The van der Waals surface area contributed by atoms with Crippen LogP contribution in [0.1, 0.15) is 56.6 Å². The van der Waals surface area contributed by atoms with Gasteiger partial charge in [-0.3, -0.25) is 43.3 Å². The fourth-order valence-electron chi connectivity index (χ4n) is 6.95. The molecule has 0 aromatic carbocycles. The van der Waals surface area contributed by atoms with Crippen molar-refractivity contribution in [2.75, 3.05) is 31.1 Å². The number of carbonyl (C=O) groups is 8. The molecule has 2 saturated carbocycles. The third-order valence-corrected chi connectivity index (χ3v) is 12.4. The number of aliphatic carboxylic acids is 1. The van der Waals surface area contributed by atoms with E-state index in [0.29, 0.717) is 31.4 Å². The molecule has 20 nitrogen and oxygen atoms in total. The van der Waals surface area contributed by atoms with Crippen molar-refractivity contribution in [2.24, 2.45) is 34.0 Å². The Morgan fingerprint density at radius 2 is 1.74 bits per heavy atom. The lowest BCUT2D eigenvalue weighted by Crippen LogP contribution is -2.58. The van der Waals surface area contributed by atoms with Crippen molar-refractivity contribution in [3.8, 4) is 0 Å². The van der Waals surface area contributed by atoms with E-state index in [0.717, 1.165) is 0 Å². The minimum absolute atomic E-state index is 0.00281. The Balaban J connectivity index is 1.40. The number of primary amides is 1. The first kappa shape index (κ1) is 40.2. The minimum atomic E-state index is -1.96. The van der Waals surface area contributed by atoms with Crippen LogP contribution in [0.3, 0.4) is 0 Å². The van der Waals surface area contributed by atoms with Gasteiger partial charge in [-0.1, -0.05) is 21.6 Å². The summed E-state index contributed by atoms with van der Waals surface area (Å²) < 4.78 is 0. The minimum Gasteiger partial charge on any atom is -0.481 e. The van der Waals surface area contributed by atoms with Gasteiger partial charge in [-0.15, -0.1) is 0 Å². The Kier molecular flexibility index (Phi) is 12.7. The summed E-state index contributed by atoms with van der Waals surface area (Å²) in [5.41, 5.74) is 13.4. The number of guanidine groups is 1. The summed E-state index contributed by atoms with van der Waals surface area (Å²) in [5.74, 6) is -7.73. The number of nitrogens with one attached hydrogen (secondary N) is 6. The van der Waals surface area contributed by atoms with Gasteiger partial charge in [0.25, 0.3) is 5.91 Å². The van der Waals surface area contributed by atoms with Crippen molar-refractivity contribution in [1.29, 1.82) is 0 Å². The molecule has 7 atom stereocenters. The lowest BCUT2D eigenvalue weighted by molar-refractivity contribution is -0.144. The number of amides is 7. The number of hydrogen-bond donors (Lipinski definition) is 10. The number of aromatic amines is 1. The zero-order valence-electron chi connectivity index (χ0n) is 29.3. The number of nitrogens with zero attached hydrogens (tertiary/aromatic N) is 2. The van der Waals surface area contributed by atoms with E-state index in [1.54, 1.807) is 0 Å². The van der Waals surface area contributed by atoms with Gasteiger partial charge >= 0.3 is 5.97 Å². The van der Waals surface area contributed by atoms with Crippen molar-refractivity contribution in [3.63, 3.8) is 0 Å². The van der Waals surface area contributed by atoms with Crippen molar-refractivity contribution < 1.29 is 43.5 Å². The van der Waals surface area contributed by atoms with Crippen LogP contribution in [0.4, 0.5) is 0 Å². The molecule has 1 aromatic rings. The Labute approximate surface area is 317 Å². The predicted molar refractivity (Wildman–Crippen MR) is 196 cm³/mol. The molecule has 2 saturated heterocycles. The number of nitrogens with two attached hydrogens (primary N) is 3. The summed E-state index contributed by atoms with van der Waals surface area (Å²) in [6.07, 6.45) is 4.65. The number of carboxylic acid groups (broad SMARTS) is 1. The summed E-state index contributed by atoms with van der Waals surface area (Å²) in [6, 6.07) is -1.96. The maximum atomic E-state index is 14.1. The number of H-pyrrole nitrogens is 1. The van der Waals surface area contributed by atoms with E-state index in [1.165, 1.54) is 44.9 Å². The van der Waals surface area contributed by atoms with Gasteiger partial charge in [-0.05, 0) is 50.5 Å². The molecule has 7 amide bonds. The fourth-order valence-corrected chi connectivity index (χ4v) is 9.11. The summed E-state index contributed by atoms with van der Waals surface area (Å²) >= 11 is 0. The molecule has 4 aliphatic rings. The smallest absolute Gasteiger partial charge is 0.309 e. The summed E-state index contributed by atoms with van der Waals surface area (Å²) in [5, 5.41) is 22.9. The SMILES string of the molecule is NC(=O)C1CSSCCC(=O)NC2(CC2CCCN=C(N)N)C(=O)NCC(=O)NC2(CC2C(=O)O)C(=O)NC(c2cc[nH]c2)C(=O)N2CCC[C@H]2C(=O)N1. The van der Waals surface area contributed by atoms with E-state index in [1.807, 2.05) is 0 Å². The molecule has 2 aliphatic heterocycles. The number of hydrogen-bond acceptors (Lipinski definition) is 11. The van der Waals surface area contributed by atoms with Crippen LogP contribution in [-0.2, 0) is 38.4 Å². The van der Waals surface area contributed by atoms with Crippen molar-refractivity contribution in [1.82, 2.24) is 36.5 Å². The molecule has 22 heteroatoms. The highest BCUT2D eigenvalue weighted by atomic mass is 33.1. The third kappa shape index (κ3) is 9.20. The molecular weight excluding hydrogens is 747 g/mol. The maximum absolute atomic E-state index is 14.1. The van der Waals surface area contributed by atoms with E-state index < -0.39 is 89.0 Å². The molecule has 4 fully saturated rings. The monoisotopic (exact) mass is 791 g/mol. The van der Waals surface area contributed by atoms with Crippen LogP contribution in [0.2, 0.25) is 0 Å². The molecule has 2 spiro atoms. The van der Waals surface area contributed by atoms with Gasteiger partial charge in [0.15, 0.2) is 5.96 Å². The predicted octanol–water partition coefficient (Wildman–Crippen LogP) is -3.08. The molecule has 6 unspecified atom stereocenters. The van der Waals surface area contributed by atoms with Crippen LogP contribution in [-0.4, -0.2) is 123 Å². The fraction of sp³-hybridized carbons (Fsp3) is 0.594. The summed E-state index contributed by atoms with van der Waals surface area (Å²) in [6.45, 7) is -0.187. The Morgan fingerprint density at radius 3 is 2.41 bits per heavy atom. The zero-order chi connectivity index (χ0) is 39.2. The highest BCUT2D eigenvalue weighted by Crippen LogP contribution is 2.47. The van der Waals surface area contributed by atoms with Gasteiger partial charge in [0, 0.05) is 49.0 Å². The van der Waals surface area contributed by atoms with Gasteiger partial charge in [-0.25, -0.2) is 0 Å². The Morgan fingerprint density at radius 1 is 0.981 bits per heavy atom.